The lowest BCUT2D eigenvalue weighted by atomic mass is 9.95. The first-order chi connectivity index (χ1) is 14.0. The highest BCUT2D eigenvalue weighted by Crippen LogP contribution is 2.29. The molecule has 8 heteroatoms. The quantitative estimate of drug-likeness (QED) is 0.626. The summed E-state index contributed by atoms with van der Waals surface area (Å²) in [6.07, 6.45) is 3.56. The molecule has 1 fully saturated rings. The van der Waals surface area contributed by atoms with Gasteiger partial charge in [-0.1, -0.05) is 6.07 Å². The number of imide groups is 1. The number of nitrogens with zero attached hydrogens (tertiary/aromatic N) is 5. The number of hydrogen-bond donors (Lipinski definition) is 0. The van der Waals surface area contributed by atoms with Crippen molar-refractivity contribution in [3.05, 3.63) is 65.1 Å². The molecule has 0 atom stereocenters. The van der Waals surface area contributed by atoms with Gasteiger partial charge < -0.3 is 4.90 Å². The first-order valence-electron chi connectivity index (χ1n) is 9.60. The molecule has 1 aromatic carbocycles. The summed E-state index contributed by atoms with van der Waals surface area (Å²) < 4.78 is 2.00. The first-order valence-corrected chi connectivity index (χ1v) is 9.60. The summed E-state index contributed by atoms with van der Waals surface area (Å²) in [5.74, 6) is 0.358. The Bertz CT molecular complexity index is 1160. The lowest BCUT2D eigenvalue weighted by Crippen LogP contribution is -2.38. The van der Waals surface area contributed by atoms with Gasteiger partial charge in [-0.3, -0.25) is 23.7 Å². The number of aromatic nitrogens is 3. The van der Waals surface area contributed by atoms with E-state index in [2.05, 4.69) is 10.2 Å². The van der Waals surface area contributed by atoms with Crippen LogP contribution in [0.15, 0.2) is 42.6 Å². The van der Waals surface area contributed by atoms with Crippen molar-refractivity contribution in [3.8, 4) is 0 Å². The monoisotopic (exact) mass is 389 g/mol. The minimum Gasteiger partial charge on any atom is -0.339 e. The Balaban J connectivity index is 1.32. The van der Waals surface area contributed by atoms with Gasteiger partial charge in [0.05, 0.1) is 11.1 Å². The van der Waals surface area contributed by atoms with Crippen molar-refractivity contribution < 1.29 is 14.4 Å². The fourth-order valence-corrected chi connectivity index (χ4v) is 4.16. The lowest BCUT2D eigenvalue weighted by molar-refractivity contribution is 0.0690. The van der Waals surface area contributed by atoms with Gasteiger partial charge in [0.25, 0.3) is 17.7 Å². The summed E-state index contributed by atoms with van der Waals surface area (Å²) in [6.45, 7) is 1.21. The van der Waals surface area contributed by atoms with E-state index in [0.717, 1.165) is 29.2 Å². The lowest BCUT2D eigenvalue weighted by Gasteiger charge is -2.31. The van der Waals surface area contributed by atoms with Crippen molar-refractivity contribution in [2.24, 2.45) is 0 Å². The zero-order valence-corrected chi connectivity index (χ0v) is 15.9. The van der Waals surface area contributed by atoms with Gasteiger partial charge in [0.15, 0.2) is 5.65 Å². The molecular formula is C21H19N5O3. The topological polar surface area (TPSA) is 87.9 Å². The minimum absolute atomic E-state index is 0.118. The Morgan fingerprint density at radius 1 is 1.00 bits per heavy atom. The molecule has 3 amide bonds. The largest absolute Gasteiger partial charge is 0.339 e. The molecule has 4 heterocycles. The van der Waals surface area contributed by atoms with Crippen LogP contribution in [0.4, 0.5) is 0 Å². The fraction of sp³-hybridized carbons (Fsp3) is 0.286. The van der Waals surface area contributed by atoms with Crippen LogP contribution >= 0.6 is 0 Å². The van der Waals surface area contributed by atoms with Crippen LogP contribution in [0.3, 0.4) is 0 Å². The number of carbonyl (C=O) groups excluding carboxylic acids is 3. The molecule has 0 radical (unpaired) electrons. The van der Waals surface area contributed by atoms with Crippen LogP contribution in [0.25, 0.3) is 5.65 Å². The van der Waals surface area contributed by atoms with E-state index in [-0.39, 0.29) is 23.6 Å². The van der Waals surface area contributed by atoms with Crippen molar-refractivity contribution in [2.45, 2.75) is 18.8 Å². The van der Waals surface area contributed by atoms with E-state index in [0.29, 0.717) is 29.8 Å². The summed E-state index contributed by atoms with van der Waals surface area (Å²) in [4.78, 5) is 40.1. The number of pyridine rings is 1. The summed E-state index contributed by atoms with van der Waals surface area (Å²) >= 11 is 0. The molecule has 29 heavy (non-hydrogen) atoms. The molecule has 0 N–H and O–H groups in total. The molecule has 5 rings (SSSR count). The molecular weight excluding hydrogens is 370 g/mol. The van der Waals surface area contributed by atoms with Crippen molar-refractivity contribution >= 4 is 23.4 Å². The molecule has 1 saturated heterocycles. The van der Waals surface area contributed by atoms with Gasteiger partial charge in [-0.2, -0.15) is 0 Å². The molecule has 2 aliphatic heterocycles. The normalized spacial score (nSPS) is 17.3. The Labute approximate surface area is 166 Å². The highest BCUT2D eigenvalue weighted by atomic mass is 16.2. The highest BCUT2D eigenvalue weighted by Gasteiger charge is 2.34. The number of fused-ring (bicyclic) bond motifs is 2. The number of piperidine rings is 1. The Hall–Kier alpha value is -3.55. The molecule has 146 valence electrons. The summed E-state index contributed by atoms with van der Waals surface area (Å²) in [7, 11) is 1.45. The van der Waals surface area contributed by atoms with Crippen molar-refractivity contribution in [3.63, 3.8) is 0 Å². The first kappa shape index (κ1) is 17.5. The van der Waals surface area contributed by atoms with Crippen LogP contribution in [-0.2, 0) is 0 Å². The standard InChI is InChI=1S/C21H19N5O3/c1-24-20(28)15-6-5-14(12-16(15)21(24)29)19(27)25-10-7-13(8-11-25)18-23-22-17-4-2-3-9-26(17)18/h2-6,9,12-13H,7-8,10-11H2,1H3. The smallest absolute Gasteiger partial charge is 0.261 e. The zero-order chi connectivity index (χ0) is 20.1. The van der Waals surface area contributed by atoms with Crippen LogP contribution in [0, 0.1) is 0 Å². The van der Waals surface area contributed by atoms with Crippen molar-refractivity contribution in [1.82, 2.24) is 24.4 Å². The third-order valence-electron chi connectivity index (χ3n) is 5.82. The predicted molar refractivity (Wildman–Crippen MR) is 104 cm³/mol. The average Bonchev–Trinajstić information content (AvgIpc) is 3.29. The molecule has 0 saturated carbocycles. The molecule has 0 spiro atoms. The highest BCUT2D eigenvalue weighted by molar-refractivity contribution is 6.21. The molecule has 0 bridgehead atoms. The zero-order valence-electron chi connectivity index (χ0n) is 15.9. The fourth-order valence-electron chi connectivity index (χ4n) is 4.16. The van der Waals surface area contributed by atoms with Gasteiger partial charge in [-0.25, -0.2) is 0 Å². The van der Waals surface area contributed by atoms with Crippen molar-refractivity contribution in [1.29, 1.82) is 0 Å². The van der Waals surface area contributed by atoms with E-state index in [4.69, 9.17) is 0 Å². The third-order valence-corrected chi connectivity index (χ3v) is 5.82. The number of amides is 3. The van der Waals surface area contributed by atoms with Crippen molar-refractivity contribution in [2.75, 3.05) is 20.1 Å². The van der Waals surface area contributed by atoms with E-state index in [9.17, 15) is 14.4 Å². The molecule has 2 aliphatic rings. The maximum absolute atomic E-state index is 13.0. The second-order valence-corrected chi connectivity index (χ2v) is 7.48. The van der Waals surface area contributed by atoms with Crippen LogP contribution in [-0.4, -0.2) is 62.3 Å². The van der Waals surface area contributed by atoms with Gasteiger partial charge in [-0.05, 0) is 43.2 Å². The van der Waals surface area contributed by atoms with E-state index in [1.807, 2.05) is 28.8 Å². The predicted octanol–water partition coefficient (Wildman–Crippen LogP) is 1.97. The van der Waals surface area contributed by atoms with Gasteiger partial charge >= 0.3 is 0 Å². The van der Waals surface area contributed by atoms with Gasteiger partial charge in [0.2, 0.25) is 0 Å². The molecule has 2 aromatic heterocycles. The number of likely N-dealkylation sites (tertiary alicyclic amines) is 1. The number of carbonyl (C=O) groups is 3. The molecule has 3 aromatic rings. The number of hydrogen-bond acceptors (Lipinski definition) is 5. The van der Waals surface area contributed by atoms with Crippen LogP contribution < -0.4 is 0 Å². The summed E-state index contributed by atoms with van der Waals surface area (Å²) in [5, 5.41) is 8.56. The molecule has 0 aliphatic carbocycles. The van der Waals surface area contributed by atoms with E-state index < -0.39 is 0 Å². The number of benzene rings is 1. The molecule has 8 nitrogen and oxygen atoms in total. The third kappa shape index (κ3) is 2.71. The molecule has 0 unspecified atom stereocenters. The van der Waals surface area contributed by atoms with E-state index >= 15 is 0 Å². The average molecular weight is 389 g/mol. The van der Waals surface area contributed by atoms with Gasteiger partial charge in [-0.15, -0.1) is 10.2 Å². The Kier molecular flexibility index (Phi) is 3.94. The summed E-state index contributed by atoms with van der Waals surface area (Å²) in [6, 6.07) is 10.6. The van der Waals surface area contributed by atoms with Gasteiger partial charge in [0.1, 0.15) is 5.82 Å². The summed E-state index contributed by atoms with van der Waals surface area (Å²) in [5.41, 5.74) is 1.91. The Morgan fingerprint density at radius 2 is 1.76 bits per heavy atom. The van der Waals surface area contributed by atoms with Crippen LogP contribution in [0.1, 0.15) is 55.7 Å². The van der Waals surface area contributed by atoms with Gasteiger partial charge in [0, 0.05) is 37.8 Å². The maximum atomic E-state index is 13.0. The van der Waals surface area contributed by atoms with Crippen LogP contribution in [0.5, 0.6) is 0 Å². The number of rotatable bonds is 2. The van der Waals surface area contributed by atoms with Crippen LogP contribution in [0.2, 0.25) is 0 Å². The minimum atomic E-state index is -0.364. The SMILES string of the molecule is CN1C(=O)c2ccc(C(=O)N3CCC(c4nnc5ccccn45)CC3)cc2C1=O. The Morgan fingerprint density at radius 3 is 2.55 bits per heavy atom. The maximum Gasteiger partial charge on any atom is 0.261 e. The second-order valence-electron chi connectivity index (χ2n) is 7.48. The van der Waals surface area contributed by atoms with E-state index in [1.54, 1.807) is 23.1 Å². The van der Waals surface area contributed by atoms with E-state index in [1.165, 1.54) is 7.05 Å². The second kappa shape index (κ2) is 6.51.